The fraction of sp³-hybridized carbons (Fsp3) is 0.500. The maximum absolute atomic E-state index is 12.5. The molecule has 11 N–H and O–H groups in total. The molecule has 3 aliphatic rings. The van der Waals surface area contributed by atoms with Crippen molar-refractivity contribution in [2.75, 3.05) is 13.1 Å². The Morgan fingerprint density at radius 3 is 2.07 bits per heavy atom. The maximum atomic E-state index is 12.5. The number of carboxylic acids is 1. The molecule has 2 fully saturated rings. The van der Waals surface area contributed by atoms with Crippen molar-refractivity contribution in [3.05, 3.63) is 80.4 Å². The molecule has 0 radical (unpaired) electrons. The minimum absolute atomic E-state index is 0.0534. The van der Waals surface area contributed by atoms with Crippen LogP contribution in [-0.4, -0.2) is 67.5 Å². The van der Waals surface area contributed by atoms with Gasteiger partial charge in [-0.3, -0.25) is 9.69 Å². The molecule has 240 valence electrons. The van der Waals surface area contributed by atoms with E-state index in [1.165, 1.54) is 10.5 Å². The van der Waals surface area contributed by atoms with Crippen molar-refractivity contribution < 1.29 is 24.9 Å². The first-order valence-corrected chi connectivity index (χ1v) is 16.0. The van der Waals surface area contributed by atoms with Gasteiger partial charge in [-0.25, -0.2) is 4.79 Å². The Morgan fingerprint density at radius 1 is 0.977 bits per heavy atom. The summed E-state index contributed by atoms with van der Waals surface area (Å²) in [5, 5.41) is 28.9. The molecule has 2 aromatic rings. The van der Waals surface area contributed by atoms with Gasteiger partial charge in [0.1, 0.15) is 5.70 Å². The quantitative estimate of drug-likeness (QED) is 0.176. The molecule has 2 aromatic carbocycles. The Hall–Kier alpha value is -2.81. The van der Waals surface area contributed by atoms with Crippen molar-refractivity contribution in [1.82, 2.24) is 9.80 Å². The number of thioether (sulfide) groups is 1. The predicted octanol–water partition coefficient (Wildman–Crippen LogP) is 1.16. The van der Waals surface area contributed by atoms with E-state index in [1.807, 2.05) is 31.2 Å². The third kappa shape index (κ3) is 7.03. The van der Waals surface area contributed by atoms with Crippen molar-refractivity contribution in [2.24, 2.45) is 34.8 Å². The van der Waals surface area contributed by atoms with Crippen LogP contribution in [0.1, 0.15) is 53.6 Å². The van der Waals surface area contributed by atoms with E-state index in [1.54, 1.807) is 18.7 Å². The number of benzene rings is 2. The van der Waals surface area contributed by atoms with Gasteiger partial charge in [0.15, 0.2) is 0 Å². The van der Waals surface area contributed by atoms with Gasteiger partial charge in [-0.1, -0.05) is 43.3 Å². The van der Waals surface area contributed by atoms with Crippen molar-refractivity contribution >= 4 is 23.6 Å². The van der Waals surface area contributed by atoms with Crippen LogP contribution in [0.2, 0.25) is 0 Å². The number of hydrogen-bond donors (Lipinski definition) is 7. The summed E-state index contributed by atoms with van der Waals surface area (Å²) < 4.78 is 0. The average Bonchev–Trinajstić information content (AvgIpc) is 3.56. The number of aliphatic hydroxyl groups is 2. The standard InChI is InChI=1S/C23H32N4O4S.C9H14N2O/c1-12-19-18(13(2)28)22(29)27(19)20(23(30)31)21(12)32-17-5-6-26(11-17)10-14-3-4-15(8-24)16(7-14)9-25;10-4-8-2-1-7(6-12)3-9(8)5-11/h3-4,7,12-13,17-19,28H,5-6,8-11,24-25H2,1-2H3,(H,30,31);1-3,12H,4-6,10-11H2/t12-,13-,17-,18-,19-;/m1./s1. The van der Waals surface area contributed by atoms with Crippen molar-refractivity contribution in [2.45, 2.75) is 77.0 Å². The fourth-order valence-corrected chi connectivity index (χ4v) is 8.01. The van der Waals surface area contributed by atoms with Gasteiger partial charge < -0.3 is 43.2 Å². The van der Waals surface area contributed by atoms with E-state index >= 15 is 0 Å². The van der Waals surface area contributed by atoms with Crippen LogP contribution >= 0.6 is 11.8 Å². The van der Waals surface area contributed by atoms with Crippen molar-refractivity contribution in [3.8, 4) is 0 Å². The van der Waals surface area contributed by atoms with Gasteiger partial charge in [0.2, 0.25) is 5.91 Å². The van der Waals surface area contributed by atoms with Gasteiger partial charge in [-0.2, -0.15) is 0 Å². The molecule has 3 heterocycles. The molecular formula is C32H46N6O5S. The van der Waals surface area contributed by atoms with Crippen LogP contribution in [0.4, 0.5) is 0 Å². The Morgan fingerprint density at radius 2 is 1.55 bits per heavy atom. The lowest BCUT2D eigenvalue weighted by molar-refractivity contribution is -0.163. The largest absolute Gasteiger partial charge is 0.477 e. The number of nitrogens with two attached hydrogens (primary N) is 4. The highest BCUT2D eigenvalue weighted by Gasteiger charge is 2.60. The van der Waals surface area contributed by atoms with E-state index in [4.69, 9.17) is 28.0 Å². The van der Waals surface area contributed by atoms with Gasteiger partial charge in [0.05, 0.1) is 24.7 Å². The molecule has 0 aliphatic carbocycles. The summed E-state index contributed by atoms with van der Waals surface area (Å²) >= 11 is 1.60. The number of amides is 1. The number of carbonyl (C=O) groups is 2. The SMILES string of the molecule is C[C@@H](O)[C@H]1C(=O)N2C(C(=O)O)=C(S[C@@H]3CCN(Cc4ccc(CN)c(CN)c4)C3)[C@H](C)[C@H]12.NCc1ccc(CO)cc1CN. The summed E-state index contributed by atoms with van der Waals surface area (Å²) in [6.45, 7) is 8.13. The second kappa shape index (κ2) is 15.0. The number of β-lactam (4-membered cyclic amide) rings is 1. The lowest BCUT2D eigenvalue weighted by Crippen LogP contribution is -2.63. The molecule has 5 atom stereocenters. The smallest absolute Gasteiger partial charge is 0.353 e. The third-order valence-corrected chi connectivity index (χ3v) is 10.4. The fourth-order valence-electron chi connectivity index (χ4n) is 6.49. The number of aliphatic carboxylic acids is 1. The lowest BCUT2D eigenvalue weighted by atomic mass is 9.79. The van der Waals surface area contributed by atoms with Crippen molar-refractivity contribution in [3.63, 3.8) is 0 Å². The summed E-state index contributed by atoms with van der Waals surface area (Å²) in [4.78, 5) is 29.1. The van der Waals surface area contributed by atoms with Gasteiger partial charge in [-0.15, -0.1) is 11.8 Å². The molecule has 0 saturated carbocycles. The molecule has 0 aromatic heterocycles. The molecule has 11 nitrogen and oxygen atoms in total. The van der Waals surface area contributed by atoms with Crippen LogP contribution in [0.5, 0.6) is 0 Å². The Labute approximate surface area is 263 Å². The molecule has 0 bridgehead atoms. The number of likely N-dealkylation sites (tertiary alicyclic amines) is 1. The van der Waals surface area contributed by atoms with E-state index in [0.717, 1.165) is 58.8 Å². The van der Waals surface area contributed by atoms with E-state index in [0.29, 0.717) is 26.2 Å². The Bertz CT molecular complexity index is 1380. The topological polar surface area (TPSA) is 205 Å². The predicted molar refractivity (Wildman–Crippen MR) is 171 cm³/mol. The first kappa shape index (κ1) is 34.1. The maximum Gasteiger partial charge on any atom is 0.353 e. The minimum Gasteiger partial charge on any atom is -0.477 e. The van der Waals surface area contributed by atoms with Gasteiger partial charge in [0.25, 0.3) is 0 Å². The van der Waals surface area contributed by atoms with Gasteiger partial charge in [-0.05, 0) is 53.3 Å². The first-order chi connectivity index (χ1) is 21.1. The van der Waals surface area contributed by atoms with Crippen LogP contribution < -0.4 is 22.9 Å². The summed E-state index contributed by atoms with van der Waals surface area (Å²) in [7, 11) is 0. The lowest BCUT2D eigenvalue weighted by Gasteiger charge is -2.46. The number of aliphatic hydroxyl groups excluding tert-OH is 2. The summed E-state index contributed by atoms with van der Waals surface area (Å²) in [6.07, 6.45) is 0.174. The van der Waals surface area contributed by atoms with Gasteiger partial charge in [0, 0.05) is 55.3 Å². The van der Waals surface area contributed by atoms with Crippen LogP contribution in [0.3, 0.4) is 0 Å². The van der Waals surface area contributed by atoms with Crippen LogP contribution in [0.15, 0.2) is 47.0 Å². The third-order valence-electron chi connectivity index (χ3n) is 8.84. The van der Waals surface area contributed by atoms with Crippen LogP contribution in [0.25, 0.3) is 0 Å². The summed E-state index contributed by atoms with van der Waals surface area (Å²) in [5.41, 5.74) is 29.1. The number of nitrogens with zero attached hydrogens (tertiary/aromatic N) is 2. The van der Waals surface area contributed by atoms with Crippen LogP contribution in [-0.2, 0) is 48.9 Å². The number of rotatable bonds is 11. The van der Waals surface area contributed by atoms with E-state index < -0.39 is 18.0 Å². The monoisotopic (exact) mass is 626 g/mol. The van der Waals surface area contributed by atoms with E-state index in [-0.39, 0.29) is 35.4 Å². The van der Waals surface area contributed by atoms with E-state index in [9.17, 15) is 19.8 Å². The molecule has 1 amide bonds. The zero-order chi connectivity index (χ0) is 32.1. The number of fused-ring (bicyclic) bond motifs is 1. The molecular weight excluding hydrogens is 580 g/mol. The highest BCUT2D eigenvalue weighted by Crippen LogP contribution is 2.52. The molecule has 2 saturated heterocycles. The summed E-state index contributed by atoms with van der Waals surface area (Å²) in [5.74, 6) is -1.96. The van der Waals surface area contributed by atoms with E-state index in [2.05, 4.69) is 17.0 Å². The molecule has 0 unspecified atom stereocenters. The zero-order valence-corrected chi connectivity index (χ0v) is 26.3. The van der Waals surface area contributed by atoms with Crippen molar-refractivity contribution in [1.29, 1.82) is 0 Å². The zero-order valence-electron chi connectivity index (χ0n) is 25.5. The normalized spacial score (nSPS) is 23.7. The Balaban J connectivity index is 0.000000309. The Kier molecular flexibility index (Phi) is 11.6. The highest BCUT2D eigenvalue weighted by atomic mass is 32.2. The first-order valence-electron chi connectivity index (χ1n) is 15.1. The van der Waals surface area contributed by atoms with Gasteiger partial charge >= 0.3 is 5.97 Å². The molecule has 3 aliphatic heterocycles. The number of carboxylic acid groups (broad SMARTS) is 1. The minimum atomic E-state index is -1.07. The molecule has 44 heavy (non-hydrogen) atoms. The summed E-state index contributed by atoms with van der Waals surface area (Å²) in [6, 6.07) is 11.7. The van der Waals surface area contributed by atoms with Crippen LogP contribution in [0, 0.1) is 11.8 Å². The highest BCUT2D eigenvalue weighted by molar-refractivity contribution is 8.03. The second-order valence-electron chi connectivity index (χ2n) is 11.7. The molecule has 12 heteroatoms. The number of hydrogen-bond acceptors (Lipinski definition) is 10. The molecule has 5 rings (SSSR count). The second-order valence-corrected chi connectivity index (χ2v) is 13.1. The number of carbonyl (C=O) groups excluding carboxylic acids is 1. The average molecular weight is 627 g/mol. The molecule has 0 spiro atoms.